The zero-order valence-electron chi connectivity index (χ0n) is 11.9. The fraction of sp³-hybridized carbons (Fsp3) is 0.615. The van der Waals surface area contributed by atoms with E-state index in [2.05, 4.69) is 27.4 Å². The van der Waals surface area contributed by atoms with Gasteiger partial charge in [-0.15, -0.1) is 0 Å². The van der Waals surface area contributed by atoms with Gasteiger partial charge in [0.2, 0.25) is 5.95 Å². The normalized spacial score (nSPS) is 17.5. The van der Waals surface area contributed by atoms with E-state index < -0.39 is 0 Å². The van der Waals surface area contributed by atoms with E-state index >= 15 is 0 Å². The number of hydrogen-bond acceptors (Lipinski definition) is 7. The van der Waals surface area contributed by atoms with E-state index in [1.54, 1.807) is 6.20 Å². The molecule has 0 spiro atoms. The molecule has 7 nitrogen and oxygen atoms in total. The van der Waals surface area contributed by atoms with Crippen LogP contribution >= 0.6 is 0 Å². The van der Waals surface area contributed by atoms with E-state index in [0.29, 0.717) is 18.2 Å². The summed E-state index contributed by atoms with van der Waals surface area (Å²) in [7, 11) is 0. The highest BCUT2D eigenvalue weighted by atomic mass is 16.7. The number of nitrogens with zero attached hydrogens (tertiary/aromatic N) is 3. The van der Waals surface area contributed by atoms with Crippen LogP contribution in [-0.4, -0.2) is 34.9 Å². The van der Waals surface area contributed by atoms with Crippen molar-refractivity contribution in [2.24, 2.45) is 5.16 Å². The second kappa shape index (κ2) is 6.93. The third-order valence-corrected chi connectivity index (χ3v) is 2.90. The highest BCUT2D eigenvalue weighted by molar-refractivity contribution is 5.82. The van der Waals surface area contributed by atoms with Gasteiger partial charge in [-0.25, -0.2) is 4.98 Å². The molecule has 20 heavy (non-hydrogen) atoms. The predicted octanol–water partition coefficient (Wildman–Crippen LogP) is 1.81. The van der Waals surface area contributed by atoms with Crippen LogP contribution in [0.1, 0.15) is 33.1 Å². The first-order chi connectivity index (χ1) is 9.69. The number of hydrogen-bond donors (Lipinski definition) is 2. The van der Waals surface area contributed by atoms with E-state index in [4.69, 9.17) is 15.3 Å². The van der Waals surface area contributed by atoms with Crippen molar-refractivity contribution in [1.29, 1.82) is 0 Å². The lowest BCUT2D eigenvalue weighted by Crippen LogP contribution is -2.19. The first kappa shape index (κ1) is 14.4. The van der Waals surface area contributed by atoms with E-state index in [1.807, 2.05) is 6.92 Å². The molecular formula is C13H21N5O2. The van der Waals surface area contributed by atoms with E-state index in [9.17, 15) is 0 Å². The summed E-state index contributed by atoms with van der Waals surface area (Å²) >= 11 is 0. The molecule has 1 aliphatic heterocycles. The average molecular weight is 279 g/mol. The molecule has 0 fully saturated rings. The van der Waals surface area contributed by atoms with Crippen LogP contribution in [0, 0.1) is 0 Å². The number of oxime groups is 1. The van der Waals surface area contributed by atoms with Crippen LogP contribution < -0.4 is 15.8 Å². The first-order valence-corrected chi connectivity index (χ1v) is 6.87. The molecule has 110 valence electrons. The molecule has 0 saturated carbocycles. The lowest BCUT2D eigenvalue weighted by molar-refractivity contribution is 0.0471. The van der Waals surface area contributed by atoms with Crippen molar-refractivity contribution in [2.45, 2.75) is 39.2 Å². The molecule has 1 aromatic rings. The number of nitrogen functional groups attached to an aromatic ring is 1. The molecule has 0 amide bonds. The monoisotopic (exact) mass is 279 g/mol. The maximum absolute atomic E-state index is 5.71. The number of ether oxygens (including phenoxy) is 1. The Labute approximate surface area is 118 Å². The maximum Gasteiger partial charge on any atom is 0.222 e. The summed E-state index contributed by atoms with van der Waals surface area (Å²) in [5, 5.41) is 7.11. The van der Waals surface area contributed by atoms with Crippen LogP contribution in [-0.2, 0) is 4.84 Å². The summed E-state index contributed by atoms with van der Waals surface area (Å²) in [6.45, 7) is 5.30. The fourth-order valence-electron chi connectivity index (χ4n) is 1.84. The summed E-state index contributed by atoms with van der Waals surface area (Å²) in [5.74, 6) is 1.44. The zero-order chi connectivity index (χ0) is 14.4. The van der Waals surface area contributed by atoms with Crippen LogP contribution in [0.2, 0.25) is 0 Å². The van der Waals surface area contributed by atoms with Gasteiger partial charge in [0.15, 0.2) is 17.7 Å². The van der Waals surface area contributed by atoms with Crippen molar-refractivity contribution in [3.63, 3.8) is 0 Å². The molecule has 0 aromatic carbocycles. The highest BCUT2D eigenvalue weighted by Crippen LogP contribution is 2.23. The van der Waals surface area contributed by atoms with Crippen LogP contribution in [0.4, 0.5) is 11.8 Å². The summed E-state index contributed by atoms with van der Waals surface area (Å²) < 4.78 is 5.71. The van der Waals surface area contributed by atoms with E-state index in [1.165, 1.54) is 0 Å². The van der Waals surface area contributed by atoms with Crippen molar-refractivity contribution in [3.8, 4) is 5.75 Å². The van der Waals surface area contributed by atoms with Crippen molar-refractivity contribution in [1.82, 2.24) is 9.97 Å². The van der Waals surface area contributed by atoms with Gasteiger partial charge in [-0.1, -0.05) is 18.5 Å². The molecule has 1 aromatic heterocycles. The van der Waals surface area contributed by atoms with Gasteiger partial charge in [0.25, 0.3) is 0 Å². The minimum absolute atomic E-state index is 0.0453. The topological polar surface area (TPSA) is 94.7 Å². The Hall–Kier alpha value is -2.05. The summed E-state index contributed by atoms with van der Waals surface area (Å²) in [6.07, 6.45) is 4.49. The number of aromatic nitrogens is 2. The first-order valence-electron chi connectivity index (χ1n) is 6.87. The summed E-state index contributed by atoms with van der Waals surface area (Å²) in [5.41, 5.74) is 6.59. The van der Waals surface area contributed by atoms with Crippen molar-refractivity contribution in [3.05, 3.63) is 6.20 Å². The van der Waals surface area contributed by atoms with Gasteiger partial charge < -0.3 is 20.6 Å². The Morgan fingerprint density at radius 2 is 2.40 bits per heavy atom. The lowest BCUT2D eigenvalue weighted by atomic mass is 10.2. The molecule has 2 rings (SSSR count). The Kier molecular flexibility index (Phi) is 4.97. The zero-order valence-corrected chi connectivity index (χ0v) is 11.9. The Morgan fingerprint density at radius 3 is 3.10 bits per heavy atom. The minimum atomic E-state index is -0.0453. The Bertz CT molecular complexity index is 478. The third kappa shape index (κ3) is 3.97. The molecule has 0 bridgehead atoms. The van der Waals surface area contributed by atoms with Crippen LogP contribution in [0.15, 0.2) is 11.4 Å². The van der Waals surface area contributed by atoms with Gasteiger partial charge >= 0.3 is 0 Å². The average Bonchev–Trinajstić information content (AvgIpc) is 2.84. The summed E-state index contributed by atoms with van der Waals surface area (Å²) in [4.78, 5) is 13.4. The van der Waals surface area contributed by atoms with Gasteiger partial charge in [-0.2, -0.15) is 4.98 Å². The molecule has 1 atom stereocenters. The van der Waals surface area contributed by atoms with Gasteiger partial charge in [-0.3, -0.25) is 0 Å². The SMILES string of the molecule is CCCCNc1nc(N)ncc1OCC1CC(C)=NO1. The van der Waals surface area contributed by atoms with Crippen LogP contribution in [0.25, 0.3) is 0 Å². The number of rotatable bonds is 7. The van der Waals surface area contributed by atoms with Gasteiger partial charge in [0, 0.05) is 13.0 Å². The van der Waals surface area contributed by atoms with Gasteiger partial charge in [0.1, 0.15) is 6.61 Å². The highest BCUT2D eigenvalue weighted by Gasteiger charge is 2.19. The van der Waals surface area contributed by atoms with Crippen LogP contribution in [0.5, 0.6) is 5.75 Å². The predicted molar refractivity (Wildman–Crippen MR) is 77.9 cm³/mol. The maximum atomic E-state index is 5.71. The lowest BCUT2D eigenvalue weighted by Gasteiger charge is -2.14. The molecule has 3 N–H and O–H groups in total. The van der Waals surface area contributed by atoms with Gasteiger partial charge in [0.05, 0.1) is 11.9 Å². The van der Waals surface area contributed by atoms with Crippen molar-refractivity contribution in [2.75, 3.05) is 24.2 Å². The van der Waals surface area contributed by atoms with Crippen molar-refractivity contribution >= 4 is 17.5 Å². The molecular weight excluding hydrogens is 258 g/mol. The molecule has 0 saturated heterocycles. The molecule has 1 aliphatic rings. The standard InChI is InChI=1S/C13H21N5O2/c1-3-4-5-15-12-11(7-16-13(14)17-12)19-8-10-6-9(2)18-20-10/h7,10H,3-6,8H2,1-2H3,(H3,14,15,16,17). The third-order valence-electron chi connectivity index (χ3n) is 2.90. The number of anilines is 2. The quantitative estimate of drug-likeness (QED) is 0.739. The van der Waals surface area contributed by atoms with Crippen LogP contribution in [0.3, 0.4) is 0 Å². The second-order valence-corrected chi connectivity index (χ2v) is 4.79. The molecule has 7 heteroatoms. The van der Waals surface area contributed by atoms with E-state index in [-0.39, 0.29) is 12.1 Å². The Balaban J connectivity index is 1.92. The van der Waals surface area contributed by atoms with E-state index in [0.717, 1.165) is 31.5 Å². The Morgan fingerprint density at radius 1 is 1.55 bits per heavy atom. The summed E-state index contributed by atoms with van der Waals surface area (Å²) in [6, 6.07) is 0. The largest absolute Gasteiger partial charge is 0.484 e. The molecule has 2 heterocycles. The van der Waals surface area contributed by atoms with Crippen molar-refractivity contribution < 1.29 is 9.57 Å². The second-order valence-electron chi connectivity index (χ2n) is 4.79. The number of nitrogens with one attached hydrogen (secondary N) is 1. The number of nitrogens with two attached hydrogens (primary N) is 1. The minimum Gasteiger partial charge on any atom is -0.484 e. The van der Waals surface area contributed by atoms with Gasteiger partial charge in [-0.05, 0) is 13.3 Å². The molecule has 0 aliphatic carbocycles. The smallest absolute Gasteiger partial charge is 0.222 e. The fourth-order valence-corrected chi connectivity index (χ4v) is 1.84. The number of unbranched alkanes of at least 4 members (excludes halogenated alkanes) is 1. The molecule has 1 unspecified atom stereocenters. The molecule has 0 radical (unpaired) electrons.